The minimum atomic E-state index is -0.362. The van der Waals surface area contributed by atoms with E-state index in [1.165, 1.54) is 0 Å². The number of nitrogens with zero attached hydrogens (tertiary/aromatic N) is 2. The van der Waals surface area contributed by atoms with Crippen LogP contribution in [0.25, 0.3) is 22.0 Å². The van der Waals surface area contributed by atoms with E-state index in [-0.39, 0.29) is 5.91 Å². The highest BCUT2D eigenvalue weighted by molar-refractivity contribution is 6.30. The van der Waals surface area contributed by atoms with Gasteiger partial charge in [-0.25, -0.2) is 5.43 Å². The van der Waals surface area contributed by atoms with Crippen LogP contribution in [0.2, 0.25) is 5.02 Å². The first kappa shape index (κ1) is 17.0. The van der Waals surface area contributed by atoms with Crippen LogP contribution in [-0.2, 0) is 0 Å². The number of hydrogen-bond donors (Lipinski definition) is 2. The van der Waals surface area contributed by atoms with Crippen LogP contribution in [0.4, 0.5) is 0 Å². The molecule has 1 heterocycles. The molecule has 5 nitrogen and oxygen atoms in total. The van der Waals surface area contributed by atoms with Gasteiger partial charge < -0.3 is 0 Å². The third-order valence-corrected chi connectivity index (χ3v) is 4.41. The summed E-state index contributed by atoms with van der Waals surface area (Å²) in [5.74, 6) is -0.362. The summed E-state index contributed by atoms with van der Waals surface area (Å²) < 4.78 is 0. The molecule has 27 heavy (non-hydrogen) atoms. The maximum atomic E-state index is 12.3. The van der Waals surface area contributed by atoms with Gasteiger partial charge in [0, 0.05) is 16.1 Å². The van der Waals surface area contributed by atoms with Gasteiger partial charge in [0.15, 0.2) is 0 Å². The Kier molecular flexibility index (Phi) is 4.68. The van der Waals surface area contributed by atoms with Crippen molar-refractivity contribution in [3.05, 3.63) is 89.1 Å². The van der Waals surface area contributed by atoms with Gasteiger partial charge in [0.1, 0.15) is 5.69 Å². The number of carbonyl (C=O) groups is 1. The molecule has 0 atom stereocenters. The molecule has 1 amide bonds. The number of H-pyrrole nitrogens is 1. The number of aromatic nitrogens is 2. The summed E-state index contributed by atoms with van der Waals surface area (Å²) in [7, 11) is 0. The lowest BCUT2D eigenvalue weighted by molar-refractivity contribution is 0.0950. The number of fused-ring (bicyclic) bond motifs is 1. The topological polar surface area (TPSA) is 70.1 Å². The van der Waals surface area contributed by atoms with Crippen LogP contribution >= 0.6 is 11.6 Å². The molecular formula is C21H15ClN4O. The number of carbonyl (C=O) groups excluding carboxylic acids is 1. The van der Waals surface area contributed by atoms with E-state index >= 15 is 0 Å². The molecule has 0 radical (unpaired) electrons. The Bertz CT molecular complexity index is 1130. The maximum Gasteiger partial charge on any atom is 0.289 e. The molecule has 0 saturated heterocycles. The van der Waals surface area contributed by atoms with Gasteiger partial charge >= 0.3 is 0 Å². The van der Waals surface area contributed by atoms with Gasteiger partial charge in [-0.3, -0.25) is 9.89 Å². The number of amides is 1. The van der Waals surface area contributed by atoms with Crippen molar-refractivity contribution in [3.8, 4) is 11.3 Å². The highest BCUT2D eigenvalue weighted by Crippen LogP contribution is 2.20. The molecule has 0 saturated carbocycles. The van der Waals surface area contributed by atoms with Gasteiger partial charge in [0.05, 0.1) is 11.9 Å². The van der Waals surface area contributed by atoms with Gasteiger partial charge in [-0.15, -0.1) is 0 Å². The van der Waals surface area contributed by atoms with Gasteiger partial charge in [-0.2, -0.15) is 10.2 Å². The first-order valence-electron chi connectivity index (χ1n) is 8.33. The number of benzene rings is 3. The molecule has 0 aliphatic rings. The molecule has 2 N–H and O–H groups in total. The minimum absolute atomic E-state index is 0.329. The molecule has 132 valence electrons. The predicted octanol–water partition coefficient (Wildman–Crippen LogP) is 4.65. The van der Waals surface area contributed by atoms with Crippen molar-refractivity contribution in [2.45, 2.75) is 0 Å². The highest BCUT2D eigenvalue weighted by Gasteiger charge is 2.10. The van der Waals surface area contributed by atoms with Crippen LogP contribution < -0.4 is 5.43 Å². The summed E-state index contributed by atoms with van der Waals surface area (Å²) in [5, 5.41) is 13.8. The van der Waals surface area contributed by atoms with E-state index in [1.807, 2.05) is 54.6 Å². The van der Waals surface area contributed by atoms with Crippen LogP contribution in [0.15, 0.2) is 77.9 Å². The standard InChI is InChI=1S/C21H15ClN4O/c22-17-10-8-15(9-11-17)19-12-20(25-24-19)21(27)26-23-13-16-6-3-5-14-4-1-2-7-18(14)16/h1-13H,(H,24,25)(H,26,27)/b23-13+. The number of hydrazone groups is 1. The van der Waals surface area contributed by atoms with Gasteiger partial charge in [-0.1, -0.05) is 66.2 Å². The van der Waals surface area contributed by atoms with E-state index in [0.29, 0.717) is 16.4 Å². The van der Waals surface area contributed by atoms with E-state index in [2.05, 4.69) is 20.7 Å². The second kappa shape index (κ2) is 7.43. The maximum absolute atomic E-state index is 12.3. The van der Waals surface area contributed by atoms with Crippen molar-refractivity contribution < 1.29 is 4.79 Å². The average molecular weight is 375 g/mol. The Morgan fingerprint density at radius 2 is 1.81 bits per heavy atom. The first-order chi connectivity index (χ1) is 13.2. The van der Waals surface area contributed by atoms with Gasteiger partial charge in [-0.05, 0) is 29.0 Å². The fourth-order valence-corrected chi connectivity index (χ4v) is 2.92. The van der Waals surface area contributed by atoms with Crippen LogP contribution in [0.3, 0.4) is 0 Å². The Labute approximate surface area is 160 Å². The molecule has 4 aromatic rings. The van der Waals surface area contributed by atoms with Crippen LogP contribution in [0, 0.1) is 0 Å². The quantitative estimate of drug-likeness (QED) is 0.403. The molecule has 1 aromatic heterocycles. The zero-order chi connectivity index (χ0) is 18.6. The van der Waals surface area contributed by atoms with Crippen LogP contribution in [0.1, 0.15) is 16.1 Å². The lowest BCUT2D eigenvalue weighted by Gasteiger charge is -2.01. The molecule has 4 rings (SSSR count). The van der Waals surface area contributed by atoms with Crippen molar-refractivity contribution in [1.82, 2.24) is 15.6 Å². The smallest absolute Gasteiger partial charge is 0.272 e. The van der Waals surface area contributed by atoms with E-state index in [1.54, 1.807) is 24.4 Å². The molecule has 0 spiro atoms. The van der Waals surface area contributed by atoms with E-state index < -0.39 is 0 Å². The van der Waals surface area contributed by atoms with Gasteiger partial charge in [0.25, 0.3) is 5.91 Å². The Balaban J connectivity index is 1.48. The predicted molar refractivity (Wildman–Crippen MR) is 108 cm³/mol. The second-order valence-electron chi connectivity index (χ2n) is 5.94. The normalized spacial score (nSPS) is 11.1. The molecule has 0 aliphatic carbocycles. The fraction of sp³-hybridized carbons (Fsp3) is 0. The Morgan fingerprint density at radius 1 is 1.04 bits per heavy atom. The van der Waals surface area contributed by atoms with Crippen molar-refractivity contribution in [2.75, 3.05) is 0 Å². The summed E-state index contributed by atoms with van der Waals surface area (Å²) in [6, 6.07) is 22.9. The first-order valence-corrected chi connectivity index (χ1v) is 8.71. The third-order valence-electron chi connectivity index (χ3n) is 4.16. The summed E-state index contributed by atoms with van der Waals surface area (Å²) >= 11 is 5.89. The number of rotatable bonds is 4. The van der Waals surface area contributed by atoms with Crippen molar-refractivity contribution in [1.29, 1.82) is 0 Å². The number of nitrogens with one attached hydrogen (secondary N) is 2. The molecular weight excluding hydrogens is 360 g/mol. The fourth-order valence-electron chi connectivity index (χ4n) is 2.79. The van der Waals surface area contributed by atoms with Crippen molar-refractivity contribution in [2.24, 2.45) is 5.10 Å². The number of halogens is 1. The van der Waals surface area contributed by atoms with Crippen LogP contribution in [0.5, 0.6) is 0 Å². The summed E-state index contributed by atoms with van der Waals surface area (Å²) in [5.41, 5.74) is 5.31. The largest absolute Gasteiger partial charge is 0.289 e. The van der Waals surface area contributed by atoms with E-state index in [0.717, 1.165) is 21.9 Å². The zero-order valence-corrected chi connectivity index (χ0v) is 14.9. The Hall–Kier alpha value is -3.44. The highest BCUT2D eigenvalue weighted by atomic mass is 35.5. The summed E-state index contributed by atoms with van der Waals surface area (Å²) in [6.45, 7) is 0. The molecule has 6 heteroatoms. The third kappa shape index (κ3) is 3.73. The van der Waals surface area contributed by atoms with Crippen molar-refractivity contribution in [3.63, 3.8) is 0 Å². The second-order valence-corrected chi connectivity index (χ2v) is 6.38. The Morgan fingerprint density at radius 3 is 2.67 bits per heavy atom. The van der Waals surface area contributed by atoms with Crippen molar-refractivity contribution >= 4 is 34.5 Å². The summed E-state index contributed by atoms with van der Waals surface area (Å²) in [6.07, 6.45) is 1.64. The van der Waals surface area contributed by atoms with Crippen LogP contribution in [-0.4, -0.2) is 22.3 Å². The lowest BCUT2D eigenvalue weighted by atomic mass is 10.1. The van der Waals surface area contributed by atoms with Gasteiger partial charge in [0.2, 0.25) is 0 Å². The SMILES string of the molecule is O=C(N/N=C/c1cccc2ccccc12)c1cc(-c2ccc(Cl)cc2)n[nH]1. The number of aromatic amines is 1. The molecule has 3 aromatic carbocycles. The number of hydrogen-bond acceptors (Lipinski definition) is 3. The van der Waals surface area contributed by atoms with E-state index in [9.17, 15) is 4.79 Å². The molecule has 0 fully saturated rings. The zero-order valence-electron chi connectivity index (χ0n) is 14.2. The lowest BCUT2D eigenvalue weighted by Crippen LogP contribution is -2.18. The average Bonchev–Trinajstić information content (AvgIpc) is 3.19. The molecule has 0 bridgehead atoms. The van der Waals surface area contributed by atoms with E-state index in [4.69, 9.17) is 11.6 Å². The summed E-state index contributed by atoms with van der Waals surface area (Å²) in [4.78, 5) is 12.3. The minimum Gasteiger partial charge on any atom is -0.272 e. The molecule has 0 aliphatic heterocycles. The molecule has 0 unspecified atom stereocenters. The monoisotopic (exact) mass is 374 g/mol.